The van der Waals surface area contributed by atoms with Crippen LogP contribution >= 0.6 is 0 Å². The maximum absolute atomic E-state index is 13.5. The second-order valence-corrected chi connectivity index (χ2v) is 3.76. The van der Waals surface area contributed by atoms with Gasteiger partial charge in [0.2, 0.25) is 0 Å². The molecule has 1 aromatic carbocycles. The van der Waals surface area contributed by atoms with Crippen molar-refractivity contribution in [3.05, 3.63) is 29.8 Å². The molecule has 1 fully saturated rings. The zero-order chi connectivity index (χ0) is 11.7. The molecular weight excluding hydrogens is 216 g/mol. The minimum atomic E-state index is -0.999. The molecule has 5 heteroatoms. The first-order chi connectivity index (χ1) is 7.61. The van der Waals surface area contributed by atoms with Crippen LogP contribution in [0.5, 0.6) is 0 Å². The highest BCUT2D eigenvalue weighted by Crippen LogP contribution is 2.29. The van der Waals surface area contributed by atoms with Crippen molar-refractivity contribution < 1.29 is 18.7 Å². The first kappa shape index (κ1) is 10.9. The van der Waals surface area contributed by atoms with E-state index in [1.807, 2.05) is 0 Å². The predicted octanol–water partition coefficient (Wildman–Crippen LogP) is 2.02. The van der Waals surface area contributed by atoms with Gasteiger partial charge in [0, 0.05) is 6.54 Å². The molecule has 0 saturated carbocycles. The Labute approximate surface area is 91.3 Å². The molecule has 2 rings (SSSR count). The van der Waals surface area contributed by atoms with E-state index in [4.69, 9.17) is 5.11 Å². The smallest absolute Gasteiger partial charge is 0.326 e. The normalized spacial score (nSPS) is 20.1. The molecule has 1 heterocycles. The fourth-order valence-electron chi connectivity index (χ4n) is 2.03. The van der Waals surface area contributed by atoms with Gasteiger partial charge in [-0.1, -0.05) is 6.07 Å². The second kappa shape index (κ2) is 4.08. The number of halogens is 2. The Hall–Kier alpha value is -1.65. The van der Waals surface area contributed by atoms with E-state index in [9.17, 15) is 13.6 Å². The number of hydrogen-bond donors (Lipinski definition) is 1. The number of benzene rings is 1. The fourth-order valence-corrected chi connectivity index (χ4v) is 2.03. The van der Waals surface area contributed by atoms with Gasteiger partial charge in [-0.05, 0) is 25.0 Å². The van der Waals surface area contributed by atoms with Crippen LogP contribution in [0.3, 0.4) is 0 Å². The van der Waals surface area contributed by atoms with Gasteiger partial charge in [0.05, 0.1) is 5.69 Å². The zero-order valence-corrected chi connectivity index (χ0v) is 8.49. The van der Waals surface area contributed by atoms with Gasteiger partial charge < -0.3 is 10.0 Å². The molecule has 0 aliphatic carbocycles. The van der Waals surface area contributed by atoms with Crippen molar-refractivity contribution in [1.29, 1.82) is 0 Å². The van der Waals surface area contributed by atoms with Gasteiger partial charge >= 0.3 is 5.97 Å². The lowest BCUT2D eigenvalue weighted by Gasteiger charge is -2.24. The highest BCUT2D eigenvalue weighted by molar-refractivity contribution is 5.79. The number of anilines is 1. The van der Waals surface area contributed by atoms with Crippen LogP contribution in [0.15, 0.2) is 18.2 Å². The standard InChI is InChI=1S/C11H11F2NO2/c12-7-3-1-4-8(10(7)13)14-6-2-5-9(14)11(15)16/h1,3-4,9H,2,5-6H2,(H,15,16). The highest BCUT2D eigenvalue weighted by Gasteiger charge is 2.32. The van der Waals surface area contributed by atoms with Gasteiger partial charge in [-0.2, -0.15) is 0 Å². The van der Waals surface area contributed by atoms with E-state index in [2.05, 4.69) is 0 Å². The Kier molecular flexibility index (Phi) is 2.77. The summed E-state index contributed by atoms with van der Waals surface area (Å²) in [6.45, 7) is 0.442. The third-order valence-electron chi connectivity index (χ3n) is 2.78. The summed E-state index contributed by atoms with van der Waals surface area (Å²) >= 11 is 0. The van der Waals surface area contributed by atoms with Crippen LogP contribution in [0.25, 0.3) is 0 Å². The summed E-state index contributed by atoms with van der Waals surface area (Å²) in [5.74, 6) is -2.93. The molecule has 0 amide bonds. The number of carboxylic acid groups (broad SMARTS) is 1. The van der Waals surface area contributed by atoms with Crippen molar-refractivity contribution >= 4 is 11.7 Å². The summed E-state index contributed by atoms with van der Waals surface area (Å²) < 4.78 is 26.5. The van der Waals surface area contributed by atoms with Crippen molar-refractivity contribution in [1.82, 2.24) is 0 Å². The maximum atomic E-state index is 13.5. The SMILES string of the molecule is O=C(O)C1CCCN1c1cccc(F)c1F. The minimum Gasteiger partial charge on any atom is -0.480 e. The van der Waals surface area contributed by atoms with Crippen molar-refractivity contribution in [3.8, 4) is 0 Å². The van der Waals surface area contributed by atoms with Gasteiger partial charge in [-0.15, -0.1) is 0 Å². The lowest BCUT2D eigenvalue weighted by atomic mass is 10.2. The van der Waals surface area contributed by atoms with Crippen LogP contribution in [-0.4, -0.2) is 23.7 Å². The monoisotopic (exact) mass is 227 g/mol. The van der Waals surface area contributed by atoms with Crippen molar-refractivity contribution in [2.45, 2.75) is 18.9 Å². The summed E-state index contributed by atoms with van der Waals surface area (Å²) in [4.78, 5) is 12.3. The topological polar surface area (TPSA) is 40.5 Å². The molecule has 0 spiro atoms. The highest BCUT2D eigenvalue weighted by atomic mass is 19.2. The number of hydrogen-bond acceptors (Lipinski definition) is 2. The molecule has 1 N–H and O–H groups in total. The number of carboxylic acids is 1. The van der Waals surface area contributed by atoms with Crippen LogP contribution in [0.4, 0.5) is 14.5 Å². The first-order valence-corrected chi connectivity index (χ1v) is 5.04. The van der Waals surface area contributed by atoms with Crippen LogP contribution in [0, 0.1) is 11.6 Å². The van der Waals surface area contributed by atoms with Crippen LogP contribution < -0.4 is 4.90 Å². The van der Waals surface area contributed by atoms with Crippen molar-refractivity contribution in [3.63, 3.8) is 0 Å². The number of aliphatic carboxylic acids is 1. The summed E-state index contributed by atoms with van der Waals surface area (Å²) in [6.07, 6.45) is 1.14. The molecule has 1 aromatic rings. The minimum absolute atomic E-state index is 0.0323. The average molecular weight is 227 g/mol. The van der Waals surface area contributed by atoms with Gasteiger partial charge in [-0.3, -0.25) is 0 Å². The molecule has 1 atom stereocenters. The van der Waals surface area contributed by atoms with E-state index in [-0.39, 0.29) is 5.69 Å². The molecule has 1 saturated heterocycles. The molecule has 16 heavy (non-hydrogen) atoms. The number of carbonyl (C=O) groups is 1. The average Bonchev–Trinajstić information content (AvgIpc) is 2.70. The predicted molar refractivity (Wildman–Crippen MR) is 54.4 cm³/mol. The third kappa shape index (κ3) is 1.73. The zero-order valence-electron chi connectivity index (χ0n) is 8.49. The van der Waals surface area contributed by atoms with Gasteiger partial charge in [0.15, 0.2) is 11.6 Å². The molecule has 1 aliphatic heterocycles. The molecule has 0 aromatic heterocycles. The van der Waals surface area contributed by atoms with E-state index < -0.39 is 23.6 Å². The molecule has 1 aliphatic rings. The third-order valence-corrected chi connectivity index (χ3v) is 2.78. The Morgan fingerprint density at radius 1 is 1.44 bits per heavy atom. The van der Waals surface area contributed by atoms with E-state index in [0.717, 1.165) is 6.07 Å². The lowest BCUT2D eigenvalue weighted by molar-refractivity contribution is -0.138. The van der Waals surface area contributed by atoms with E-state index >= 15 is 0 Å². The molecule has 0 bridgehead atoms. The summed E-state index contributed by atoms with van der Waals surface area (Å²) in [7, 11) is 0. The van der Waals surface area contributed by atoms with Crippen LogP contribution in [0.1, 0.15) is 12.8 Å². The fraction of sp³-hybridized carbons (Fsp3) is 0.364. The van der Waals surface area contributed by atoms with Gasteiger partial charge in [0.1, 0.15) is 6.04 Å². The Morgan fingerprint density at radius 3 is 2.88 bits per heavy atom. The van der Waals surface area contributed by atoms with E-state index in [0.29, 0.717) is 19.4 Å². The van der Waals surface area contributed by atoms with Crippen molar-refractivity contribution in [2.75, 3.05) is 11.4 Å². The Balaban J connectivity index is 2.36. The first-order valence-electron chi connectivity index (χ1n) is 5.04. The summed E-state index contributed by atoms with van der Waals surface area (Å²) in [5.41, 5.74) is 0.0323. The largest absolute Gasteiger partial charge is 0.480 e. The molecule has 0 radical (unpaired) electrons. The van der Waals surface area contributed by atoms with Gasteiger partial charge in [0.25, 0.3) is 0 Å². The second-order valence-electron chi connectivity index (χ2n) is 3.76. The summed E-state index contributed by atoms with van der Waals surface area (Å²) in [6, 6.07) is 3.05. The molecule has 86 valence electrons. The lowest BCUT2D eigenvalue weighted by Crippen LogP contribution is -2.36. The van der Waals surface area contributed by atoms with Crippen molar-refractivity contribution in [2.24, 2.45) is 0 Å². The quantitative estimate of drug-likeness (QED) is 0.840. The van der Waals surface area contributed by atoms with E-state index in [1.165, 1.54) is 17.0 Å². The molecular formula is C11H11F2NO2. The molecule has 3 nitrogen and oxygen atoms in total. The number of nitrogens with zero attached hydrogens (tertiary/aromatic N) is 1. The maximum Gasteiger partial charge on any atom is 0.326 e. The summed E-state index contributed by atoms with van der Waals surface area (Å²) in [5, 5.41) is 8.95. The number of rotatable bonds is 2. The van der Waals surface area contributed by atoms with Crippen LogP contribution in [-0.2, 0) is 4.79 Å². The molecule has 1 unspecified atom stereocenters. The van der Waals surface area contributed by atoms with Gasteiger partial charge in [-0.25, -0.2) is 13.6 Å². The Morgan fingerprint density at radius 2 is 2.19 bits per heavy atom. The van der Waals surface area contributed by atoms with Crippen LogP contribution in [0.2, 0.25) is 0 Å². The van der Waals surface area contributed by atoms with E-state index in [1.54, 1.807) is 0 Å². The Bertz CT molecular complexity index is 422.